The molecule has 0 saturated heterocycles. The molecule has 0 aliphatic rings. The molecule has 6 heteroatoms. The molecule has 0 saturated carbocycles. The van der Waals surface area contributed by atoms with Crippen LogP contribution in [0.2, 0.25) is 0 Å². The van der Waals surface area contributed by atoms with Gasteiger partial charge >= 0.3 is 0 Å². The van der Waals surface area contributed by atoms with Crippen LogP contribution in [0.25, 0.3) is 0 Å². The van der Waals surface area contributed by atoms with Crippen molar-refractivity contribution in [3.63, 3.8) is 0 Å². The minimum Gasteiger partial charge on any atom is -0.406 e. The maximum Gasteiger partial charge on any atom is 0.110 e. The van der Waals surface area contributed by atoms with Crippen LogP contribution in [0.3, 0.4) is 0 Å². The number of aromatic nitrogens is 2. The van der Waals surface area contributed by atoms with Gasteiger partial charge in [-0.15, -0.1) is 5.10 Å². The third kappa shape index (κ3) is 3.73. The van der Waals surface area contributed by atoms with Crippen molar-refractivity contribution >= 4 is 29.1 Å². The van der Waals surface area contributed by atoms with E-state index in [0.29, 0.717) is 4.34 Å². The van der Waals surface area contributed by atoms with E-state index in [2.05, 4.69) is 29.4 Å². The first-order valence-electron chi connectivity index (χ1n) is 4.84. The largest absolute Gasteiger partial charge is 0.406 e. The molecular weight excluding hydrogens is 216 g/mol. The molecule has 0 aromatic carbocycles. The molecule has 4 nitrogen and oxygen atoms in total. The summed E-state index contributed by atoms with van der Waals surface area (Å²) in [5.74, 6) is 0. The molecule has 1 heterocycles. The smallest absolute Gasteiger partial charge is 0.110 e. The van der Waals surface area contributed by atoms with Crippen LogP contribution in [0.4, 0.5) is 5.13 Å². The van der Waals surface area contributed by atoms with Crippen LogP contribution >= 0.6 is 11.3 Å². The third-order valence-electron chi connectivity index (χ3n) is 2.16. The number of rotatable bonds is 6. The van der Waals surface area contributed by atoms with E-state index in [4.69, 9.17) is 12.6 Å². The molecule has 0 bridgehead atoms. The number of nitrogens with zero attached hydrogens (tertiary/aromatic N) is 2. The first kappa shape index (κ1) is 11.6. The molecule has 0 aliphatic heterocycles. The van der Waals surface area contributed by atoms with E-state index in [1.165, 1.54) is 24.4 Å². The molecule has 0 atom stereocenters. The Morgan fingerprint density at radius 3 is 2.57 bits per heavy atom. The number of anilines is 1. The van der Waals surface area contributed by atoms with Crippen LogP contribution in [0.5, 0.6) is 0 Å². The Hall–Kier alpha value is -0.460. The van der Waals surface area contributed by atoms with Crippen molar-refractivity contribution in [2.75, 3.05) is 31.5 Å². The molecule has 0 unspecified atom stereocenters. The van der Waals surface area contributed by atoms with Gasteiger partial charge in [0.05, 0.1) is 26.2 Å². The monoisotopic (exact) mass is 232 g/mol. The van der Waals surface area contributed by atoms with Gasteiger partial charge in [0.1, 0.15) is 5.13 Å². The number of likely N-dealkylation sites (N-methyl/N-ethyl adjacent to an activating group) is 1. The van der Waals surface area contributed by atoms with Gasteiger partial charge in [-0.2, -0.15) is 5.10 Å². The molecule has 1 aromatic rings. The molecule has 1 aromatic heterocycles. The first-order chi connectivity index (χ1) is 6.76. The summed E-state index contributed by atoms with van der Waals surface area (Å²) in [6.45, 7) is 8.78. The standard InChI is InChI=1S/C8H16N4S2/c1-3-12(4-2)6-5-9-7-10-11-8(13)14-7/h3-6H2,1-2H3,(H,9,10)(H,11,13). The van der Waals surface area contributed by atoms with E-state index in [9.17, 15) is 0 Å². The number of hydrogen-bond acceptors (Lipinski definition) is 5. The Morgan fingerprint density at radius 1 is 1.36 bits per heavy atom. The highest BCUT2D eigenvalue weighted by molar-refractivity contribution is 7.62. The minimum absolute atomic E-state index is 0.600. The van der Waals surface area contributed by atoms with Crippen molar-refractivity contribution in [1.82, 2.24) is 10.2 Å². The van der Waals surface area contributed by atoms with Gasteiger partial charge in [0.2, 0.25) is 0 Å². The maximum atomic E-state index is 4.88. The summed E-state index contributed by atoms with van der Waals surface area (Å²) in [5, 5.41) is 11.7. The van der Waals surface area contributed by atoms with Gasteiger partial charge < -0.3 is 34.2 Å². The highest BCUT2D eigenvalue weighted by Gasteiger charge is 2.00. The van der Waals surface area contributed by atoms with E-state index >= 15 is 0 Å². The molecule has 0 amide bonds. The zero-order chi connectivity index (χ0) is 10.4. The normalized spacial score (nSPS) is 10.8. The van der Waals surface area contributed by atoms with E-state index in [-0.39, 0.29) is 0 Å². The molecule has 14 heavy (non-hydrogen) atoms. The zero-order valence-corrected chi connectivity index (χ0v) is 10.2. The summed E-state index contributed by atoms with van der Waals surface area (Å²) in [6, 6.07) is 0. The van der Waals surface area contributed by atoms with Crippen LogP contribution in [0.1, 0.15) is 13.8 Å². The van der Waals surface area contributed by atoms with Crippen molar-refractivity contribution in [2.24, 2.45) is 0 Å². The predicted molar refractivity (Wildman–Crippen MR) is 60.9 cm³/mol. The lowest BCUT2D eigenvalue weighted by molar-refractivity contribution is -0.894. The van der Waals surface area contributed by atoms with Crippen molar-refractivity contribution < 1.29 is 4.90 Å². The minimum atomic E-state index is 0.600. The highest BCUT2D eigenvalue weighted by Crippen LogP contribution is 2.12. The number of quaternary nitrogens is 1. The lowest BCUT2D eigenvalue weighted by Crippen LogP contribution is -3.12. The Morgan fingerprint density at radius 2 is 2.07 bits per heavy atom. The molecule has 0 radical (unpaired) electrons. The fraction of sp³-hybridized carbons (Fsp3) is 0.750. The lowest BCUT2D eigenvalue weighted by atomic mass is 10.5. The molecule has 80 valence electrons. The van der Waals surface area contributed by atoms with Crippen LogP contribution in [-0.4, -0.2) is 36.4 Å². The summed E-state index contributed by atoms with van der Waals surface area (Å²) >= 11 is 6.31. The summed E-state index contributed by atoms with van der Waals surface area (Å²) in [7, 11) is 0. The Balaban J connectivity index is 2.21. The fourth-order valence-electron chi connectivity index (χ4n) is 1.23. The van der Waals surface area contributed by atoms with Gasteiger partial charge in [0, 0.05) is 0 Å². The topological polar surface area (TPSA) is 42.2 Å². The second-order valence-corrected chi connectivity index (χ2v) is 4.63. The van der Waals surface area contributed by atoms with E-state index in [1.807, 2.05) is 0 Å². The van der Waals surface area contributed by atoms with E-state index < -0.39 is 0 Å². The van der Waals surface area contributed by atoms with Gasteiger partial charge in [-0.1, -0.05) is 0 Å². The molecular formula is C8H16N4S2. The SMILES string of the molecule is CC[NH+](CC)CCNc1nnc([S-])s1. The number of nitrogens with one attached hydrogen (secondary N) is 2. The quantitative estimate of drug-likeness (QED) is 0.666. The fourth-order valence-corrected chi connectivity index (χ4v) is 2.01. The third-order valence-corrected chi connectivity index (χ3v) is 3.17. The van der Waals surface area contributed by atoms with Gasteiger partial charge in [-0.25, -0.2) is 0 Å². The zero-order valence-electron chi connectivity index (χ0n) is 8.54. The van der Waals surface area contributed by atoms with Gasteiger partial charge in [0.25, 0.3) is 0 Å². The average Bonchev–Trinajstić information content (AvgIpc) is 2.59. The van der Waals surface area contributed by atoms with Crippen LogP contribution in [0, 0.1) is 0 Å². The maximum absolute atomic E-state index is 4.88. The second kappa shape index (κ2) is 6.10. The summed E-state index contributed by atoms with van der Waals surface area (Å²) in [6.07, 6.45) is 0. The predicted octanol–water partition coefficient (Wildman–Crippen LogP) is -0.220. The van der Waals surface area contributed by atoms with Crippen molar-refractivity contribution in [3.05, 3.63) is 0 Å². The lowest BCUT2D eigenvalue weighted by Gasteiger charge is -2.15. The number of hydrogen-bond donors (Lipinski definition) is 2. The van der Waals surface area contributed by atoms with Crippen molar-refractivity contribution in [1.29, 1.82) is 0 Å². The average molecular weight is 232 g/mol. The first-order valence-corrected chi connectivity index (χ1v) is 6.06. The molecule has 0 spiro atoms. The Labute approximate surface area is 94.1 Å². The van der Waals surface area contributed by atoms with E-state index in [0.717, 1.165) is 18.2 Å². The summed E-state index contributed by atoms with van der Waals surface area (Å²) in [5.41, 5.74) is 0. The van der Waals surface area contributed by atoms with Gasteiger partial charge in [-0.05, 0) is 18.2 Å². The highest BCUT2D eigenvalue weighted by atomic mass is 32.2. The molecule has 2 N–H and O–H groups in total. The van der Waals surface area contributed by atoms with Crippen molar-refractivity contribution in [3.8, 4) is 0 Å². The Kier molecular flexibility index (Phi) is 5.06. The molecule has 0 fully saturated rings. The van der Waals surface area contributed by atoms with Gasteiger partial charge in [0.15, 0.2) is 0 Å². The molecule has 0 aliphatic carbocycles. The summed E-state index contributed by atoms with van der Waals surface area (Å²) in [4.78, 5) is 1.58. The van der Waals surface area contributed by atoms with Crippen LogP contribution in [0.15, 0.2) is 4.34 Å². The van der Waals surface area contributed by atoms with Gasteiger partial charge in [-0.3, -0.25) is 0 Å². The molecule has 1 rings (SSSR count). The summed E-state index contributed by atoms with van der Waals surface area (Å²) < 4.78 is 0.600. The van der Waals surface area contributed by atoms with Crippen LogP contribution in [-0.2, 0) is 12.6 Å². The van der Waals surface area contributed by atoms with E-state index in [1.54, 1.807) is 4.90 Å². The van der Waals surface area contributed by atoms with Crippen LogP contribution < -0.4 is 10.2 Å². The van der Waals surface area contributed by atoms with Crippen molar-refractivity contribution in [2.45, 2.75) is 18.2 Å². The Bertz CT molecular complexity index is 260. The second-order valence-electron chi connectivity index (χ2n) is 3.01.